The topological polar surface area (TPSA) is 29.5 Å². The minimum Gasteiger partial charge on any atom is -0.359 e. The molecule has 12 heavy (non-hydrogen) atoms. The van der Waals surface area contributed by atoms with E-state index >= 15 is 0 Å². The van der Waals surface area contributed by atoms with Gasteiger partial charge in [-0.2, -0.15) is 0 Å². The third-order valence-corrected chi connectivity index (χ3v) is 2.17. The van der Waals surface area contributed by atoms with Gasteiger partial charge in [0.2, 0.25) is 5.91 Å². The Bertz CT molecular complexity index is 159. The Morgan fingerprint density at radius 3 is 2.75 bits per heavy atom. The summed E-state index contributed by atoms with van der Waals surface area (Å²) < 4.78 is 5.45. The van der Waals surface area contributed by atoms with Crippen molar-refractivity contribution in [2.75, 3.05) is 13.2 Å². The molecule has 3 heteroatoms. The number of rotatable bonds is 4. The van der Waals surface area contributed by atoms with E-state index in [0.717, 1.165) is 19.4 Å². The van der Waals surface area contributed by atoms with Gasteiger partial charge in [0, 0.05) is 19.6 Å². The summed E-state index contributed by atoms with van der Waals surface area (Å²) in [6, 6.07) is 0. The van der Waals surface area contributed by atoms with E-state index in [9.17, 15) is 4.79 Å². The van der Waals surface area contributed by atoms with E-state index in [1.165, 1.54) is 0 Å². The van der Waals surface area contributed by atoms with E-state index in [1.54, 1.807) is 0 Å². The average molecular weight is 171 g/mol. The van der Waals surface area contributed by atoms with Crippen molar-refractivity contribution >= 4 is 5.91 Å². The van der Waals surface area contributed by atoms with Crippen molar-refractivity contribution in [2.45, 2.75) is 39.3 Å². The first kappa shape index (κ1) is 9.52. The second kappa shape index (κ2) is 4.45. The summed E-state index contributed by atoms with van der Waals surface area (Å²) in [5.41, 5.74) is 0. The summed E-state index contributed by atoms with van der Waals surface area (Å²) in [6.45, 7) is 5.56. The number of hydrogen-bond donors (Lipinski definition) is 0. The Morgan fingerprint density at radius 2 is 2.33 bits per heavy atom. The number of amides is 1. The van der Waals surface area contributed by atoms with Crippen LogP contribution in [-0.2, 0) is 9.53 Å². The predicted molar refractivity (Wildman–Crippen MR) is 46.7 cm³/mol. The molecule has 3 nitrogen and oxygen atoms in total. The lowest BCUT2D eigenvalue weighted by molar-refractivity contribution is -0.140. The van der Waals surface area contributed by atoms with E-state index in [0.29, 0.717) is 13.0 Å². The van der Waals surface area contributed by atoms with Crippen LogP contribution in [0.1, 0.15) is 33.1 Å². The van der Waals surface area contributed by atoms with Gasteiger partial charge in [0.25, 0.3) is 0 Å². The molecular weight excluding hydrogens is 154 g/mol. The molecule has 1 aliphatic heterocycles. The molecule has 1 aliphatic rings. The fourth-order valence-corrected chi connectivity index (χ4v) is 1.59. The quantitative estimate of drug-likeness (QED) is 0.639. The fraction of sp³-hybridized carbons (Fsp3) is 0.889. The molecule has 0 spiro atoms. The van der Waals surface area contributed by atoms with Crippen molar-refractivity contribution in [3.05, 3.63) is 0 Å². The third kappa shape index (κ3) is 1.97. The zero-order valence-electron chi connectivity index (χ0n) is 7.88. The molecule has 0 aromatic carbocycles. The van der Waals surface area contributed by atoms with Gasteiger partial charge in [-0.25, -0.2) is 0 Å². The van der Waals surface area contributed by atoms with Crippen molar-refractivity contribution in [1.82, 2.24) is 4.90 Å². The normalized spacial score (nSPS) is 20.2. The molecule has 0 saturated carbocycles. The Labute approximate surface area is 73.7 Å². The van der Waals surface area contributed by atoms with Crippen molar-refractivity contribution < 1.29 is 9.53 Å². The molecule has 1 amide bonds. The fourth-order valence-electron chi connectivity index (χ4n) is 1.59. The van der Waals surface area contributed by atoms with E-state index < -0.39 is 0 Å². The van der Waals surface area contributed by atoms with Gasteiger partial charge in [0.1, 0.15) is 6.23 Å². The van der Waals surface area contributed by atoms with Crippen LogP contribution in [0.3, 0.4) is 0 Å². The van der Waals surface area contributed by atoms with Crippen molar-refractivity contribution in [1.29, 1.82) is 0 Å². The van der Waals surface area contributed by atoms with Gasteiger partial charge in [0.05, 0.1) is 0 Å². The summed E-state index contributed by atoms with van der Waals surface area (Å²) in [7, 11) is 0. The van der Waals surface area contributed by atoms with Gasteiger partial charge in [-0.3, -0.25) is 4.79 Å². The first-order valence-electron chi connectivity index (χ1n) is 4.70. The highest BCUT2D eigenvalue weighted by molar-refractivity contribution is 5.78. The van der Waals surface area contributed by atoms with Crippen molar-refractivity contribution in [3.63, 3.8) is 0 Å². The smallest absolute Gasteiger partial charge is 0.224 e. The molecule has 1 fully saturated rings. The van der Waals surface area contributed by atoms with Crippen LogP contribution in [0.2, 0.25) is 0 Å². The van der Waals surface area contributed by atoms with Crippen LogP contribution in [0.4, 0.5) is 0 Å². The highest BCUT2D eigenvalue weighted by Gasteiger charge is 2.26. The number of hydrogen-bond acceptors (Lipinski definition) is 2. The van der Waals surface area contributed by atoms with Crippen molar-refractivity contribution in [2.24, 2.45) is 0 Å². The zero-order chi connectivity index (χ0) is 8.97. The standard InChI is InChI=1S/C9H17NO2/c1-3-9(12-4-2)10-7-5-6-8(10)11/h9H,3-7H2,1-2H3. The minimum atomic E-state index is 0.0185. The van der Waals surface area contributed by atoms with Crippen LogP contribution < -0.4 is 0 Å². The monoisotopic (exact) mass is 171 g/mol. The minimum absolute atomic E-state index is 0.0185. The van der Waals surface area contributed by atoms with Gasteiger partial charge in [0.15, 0.2) is 0 Å². The molecule has 0 aromatic heterocycles. The summed E-state index contributed by atoms with van der Waals surface area (Å²) in [6.07, 6.45) is 2.59. The van der Waals surface area contributed by atoms with Gasteiger partial charge in [-0.1, -0.05) is 6.92 Å². The Kier molecular flexibility index (Phi) is 3.53. The summed E-state index contributed by atoms with van der Waals surface area (Å²) in [5, 5.41) is 0. The van der Waals surface area contributed by atoms with Gasteiger partial charge in [-0.15, -0.1) is 0 Å². The lowest BCUT2D eigenvalue weighted by Crippen LogP contribution is -2.37. The lowest BCUT2D eigenvalue weighted by Gasteiger charge is -2.26. The maximum atomic E-state index is 11.3. The van der Waals surface area contributed by atoms with Crippen LogP contribution in [0.5, 0.6) is 0 Å². The average Bonchev–Trinajstić information content (AvgIpc) is 2.47. The molecule has 0 aromatic rings. The van der Waals surface area contributed by atoms with Crippen LogP contribution in [-0.4, -0.2) is 30.2 Å². The van der Waals surface area contributed by atoms with Gasteiger partial charge >= 0.3 is 0 Å². The molecule has 0 radical (unpaired) electrons. The number of carbonyl (C=O) groups is 1. The molecule has 70 valence electrons. The number of carbonyl (C=O) groups excluding carboxylic acids is 1. The summed E-state index contributed by atoms with van der Waals surface area (Å²) in [5.74, 6) is 0.246. The molecule has 1 rings (SSSR count). The molecule has 1 saturated heterocycles. The van der Waals surface area contributed by atoms with E-state index in [2.05, 4.69) is 0 Å². The highest BCUT2D eigenvalue weighted by Crippen LogP contribution is 2.16. The Balaban J connectivity index is 2.46. The first-order chi connectivity index (χ1) is 5.79. The summed E-state index contributed by atoms with van der Waals surface area (Å²) in [4.78, 5) is 13.1. The molecule has 0 N–H and O–H groups in total. The third-order valence-electron chi connectivity index (χ3n) is 2.17. The molecular formula is C9H17NO2. The number of likely N-dealkylation sites (tertiary alicyclic amines) is 1. The number of nitrogens with zero attached hydrogens (tertiary/aromatic N) is 1. The lowest BCUT2D eigenvalue weighted by atomic mass is 10.4. The van der Waals surface area contributed by atoms with Gasteiger partial charge < -0.3 is 9.64 Å². The molecule has 0 bridgehead atoms. The number of ether oxygens (including phenoxy) is 1. The Morgan fingerprint density at radius 1 is 1.58 bits per heavy atom. The molecule has 0 aliphatic carbocycles. The predicted octanol–water partition coefficient (Wildman–Crippen LogP) is 1.38. The summed E-state index contributed by atoms with van der Waals surface area (Å²) >= 11 is 0. The van der Waals surface area contributed by atoms with E-state index in [1.807, 2.05) is 18.7 Å². The van der Waals surface area contributed by atoms with Crippen LogP contribution in [0.25, 0.3) is 0 Å². The van der Waals surface area contributed by atoms with E-state index in [4.69, 9.17) is 4.74 Å². The first-order valence-corrected chi connectivity index (χ1v) is 4.70. The van der Waals surface area contributed by atoms with E-state index in [-0.39, 0.29) is 12.1 Å². The van der Waals surface area contributed by atoms with Crippen LogP contribution in [0, 0.1) is 0 Å². The molecule has 1 heterocycles. The van der Waals surface area contributed by atoms with Crippen molar-refractivity contribution in [3.8, 4) is 0 Å². The maximum Gasteiger partial charge on any atom is 0.224 e. The SMILES string of the molecule is CCOC(CC)N1CCCC1=O. The Hall–Kier alpha value is -0.570. The second-order valence-electron chi connectivity index (χ2n) is 3.01. The van der Waals surface area contributed by atoms with Gasteiger partial charge in [-0.05, 0) is 19.8 Å². The van der Waals surface area contributed by atoms with Crippen LogP contribution in [0.15, 0.2) is 0 Å². The largest absolute Gasteiger partial charge is 0.359 e. The highest BCUT2D eigenvalue weighted by atomic mass is 16.5. The van der Waals surface area contributed by atoms with Crippen LogP contribution >= 0.6 is 0 Å². The molecule has 1 unspecified atom stereocenters. The zero-order valence-corrected chi connectivity index (χ0v) is 7.88. The molecule has 1 atom stereocenters. The second-order valence-corrected chi connectivity index (χ2v) is 3.01. The maximum absolute atomic E-state index is 11.3.